The van der Waals surface area contributed by atoms with E-state index >= 15 is 0 Å². The molecule has 0 nitrogen and oxygen atoms in total. The smallest absolute Gasteiger partial charge is 0.0786 e. The molecule has 2 aliphatic carbocycles. The van der Waals surface area contributed by atoms with Crippen molar-refractivity contribution in [2.24, 2.45) is 0 Å². The zero-order chi connectivity index (χ0) is 15.7. The third-order valence-electron chi connectivity index (χ3n) is 5.47. The van der Waals surface area contributed by atoms with Crippen LogP contribution in [0.15, 0.2) is 60.7 Å². The maximum Gasteiger partial charge on any atom is 0.113 e. The predicted octanol–water partition coefficient (Wildman–Crippen LogP) is 6.29. The second-order valence-corrected chi connectivity index (χ2v) is 6.77. The van der Waals surface area contributed by atoms with Crippen LogP contribution in [0.25, 0.3) is 44.5 Å². The van der Waals surface area contributed by atoms with Gasteiger partial charge in [-0.25, -0.2) is 0 Å². The van der Waals surface area contributed by atoms with Gasteiger partial charge in [0, 0.05) is 46.7 Å². The summed E-state index contributed by atoms with van der Waals surface area (Å²) in [5, 5.41) is 8.32. The first-order chi connectivity index (χ1) is 11.9. The minimum absolute atomic E-state index is 1.02. The fourth-order valence-corrected chi connectivity index (χ4v) is 4.54. The maximum atomic E-state index is 2.37. The minimum atomic E-state index is 1.02. The van der Waals surface area contributed by atoms with Crippen molar-refractivity contribution >= 4 is 44.5 Å². The zero-order valence-electron chi connectivity index (χ0n) is 13.2. The van der Waals surface area contributed by atoms with Crippen LogP contribution in [0.3, 0.4) is 0 Å². The molecule has 110 valence electrons. The normalized spacial score (nSPS) is 14.5. The van der Waals surface area contributed by atoms with Crippen molar-refractivity contribution in [1.82, 2.24) is 0 Å². The van der Waals surface area contributed by atoms with Crippen LogP contribution in [0.2, 0.25) is 0 Å². The Morgan fingerprint density at radius 2 is 1.46 bits per heavy atom. The molecular formula is C24H15+. The van der Waals surface area contributed by atoms with Gasteiger partial charge < -0.3 is 0 Å². The van der Waals surface area contributed by atoms with Crippen molar-refractivity contribution in [3.63, 3.8) is 0 Å². The molecule has 0 aliphatic heterocycles. The number of hydrogen-bond acceptors (Lipinski definition) is 0. The summed E-state index contributed by atoms with van der Waals surface area (Å²) >= 11 is 0. The molecule has 0 heterocycles. The molecule has 0 aromatic heterocycles. The fraction of sp³-hybridized carbons (Fsp3) is 0.0417. The molecule has 2 aliphatic rings. The standard InChI is InChI=1S/C24H15/c1-5-15-7-3-11-20-22(15)17(9-1)13-19-14-18-10-2-6-16-8-4-12-21(23(16)18)24(19)20/h1-11,13-14H,12H2/q+1. The topological polar surface area (TPSA) is 0 Å². The van der Waals surface area contributed by atoms with Crippen LogP contribution in [0.5, 0.6) is 0 Å². The van der Waals surface area contributed by atoms with Gasteiger partial charge in [0.25, 0.3) is 0 Å². The van der Waals surface area contributed by atoms with Crippen molar-refractivity contribution in [1.29, 1.82) is 0 Å². The Hall–Kier alpha value is -2.99. The third-order valence-corrected chi connectivity index (χ3v) is 5.47. The lowest BCUT2D eigenvalue weighted by Gasteiger charge is -2.17. The first-order valence-corrected chi connectivity index (χ1v) is 8.52. The lowest BCUT2D eigenvalue weighted by atomic mass is 9.82. The molecule has 24 heavy (non-hydrogen) atoms. The number of fused-ring (bicyclic) bond motifs is 3. The summed E-state index contributed by atoms with van der Waals surface area (Å²) in [5.41, 5.74) is 5.56. The first-order valence-electron chi connectivity index (χ1n) is 8.52. The maximum absolute atomic E-state index is 2.37. The Balaban J connectivity index is 1.93. The largest absolute Gasteiger partial charge is 0.113 e. The molecule has 0 amide bonds. The Morgan fingerprint density at radius 3 is 2.29 bits per heavy atom. The van der Waals surface area contributed by atoms with Gasteiger partial charge in [0.15, 0.2) is 0 Å². The summed E-state index contributed by atoms with van der Waals surface area (Å²) in [6.45, 7) is 0. The van der Waals surface area contributed by atoms with Crippen molar-refractivity contribution in [2.75, 3.05) is 0 Å². The highest BCUT2D eigenvalue weighted by Crippen LogP contribution is 2.41. The highest BCUT2D eigenvalue weighted by molar-refractivity contribution is 6.15. The van der Waals surface area contributed by atoms with E-state index in [4.69, 9.17) is 0 Å². The van der Waals surface area contributed by atoms with Crippen molar-refractivity contribution in [3.05, 3.63) is 89.4 Å². The average molecular weight is 303 g/mol. The molecular weight excluding hydrogens is 288 g/mol. The van der Waals surface area contributed by atoms with Crippen molar-refractivity contribution in [2.45, 2.75) is 6.42 Å². The number of hydrogen-bond donors (Lipinski definition) is 0. The van der Waals surface area contributed by atoms with Gasteiger partial charge in [-0.15, -0.1) is 0 Å². The van der Waals surface area contributed by atoms with Gasteiger partial charge >= 0.3 is 0 Å². The first kappa shape index (κ1) is 12.4. The molecule has 0 bridgehead atoms. The Kier molecular flexibility index (Phi) is 2.23. The Morgan fingerprint density at radius 1 is 0.708 bits per heavy atom. The molecule has 0 heteroatoms. The molecule has 0 saturated carbocycles. The molecule has 0 radical (unpaired) electrons. The lowest BCUT2D eigenvalue weighted by molar-refractivity contribution is 1.32. The molecule has 6 rings (SSSR count). The Bertz CT molecular complexity index is 1140. The second kappa shape index (κ2) is 4.30. The fourth-order valence-electron chi connectivity index (χ4n) is 4.54. The van der Waals surface area contributed by atoms with E-state index in [0.717, 1.165) is 6.42 Å². The molecule has 0 spiro atoms. The van der Waals surface area contributed by atoms with E-state index in [9.17, 15) is 0 Å². The van der Waals surface area contributed by atoms with E-state index in [2.05, 4.69) is 79.3 Å². The average Bonchev–Trinajstić information content (AvgIpc) is 2.62. The molecule has 0 N–H and O–H groups in total. The molecule has 0 fully saturated rings. The van der Waals surface area contributed by atoms with Crippen LogP contribution < -0.4 is 0 Å². The summed E-state index contributed by atoms with van der Waals surface area (Å²) in [7, 11) is 0. The van der Waals surface area contributed by atoms with E-state index in [1.54, 1.807) is 0 Å². The summed E-state index contributed by atoms with van der Waals surface area (Å²) < 4.78 is 0. The van der Waals surface area contributed by atoms with Gasteiger partial charge in [-0.1, -0.05) is 36.4 Å². The lowest BCUT2D eigenvalue weighted by Crippen LogP contribution is -2.00. The SMILES string of the molecule is C1=Cc2cccc3cc4cc5cccc6c5c(c4c(c23)[CH+]1)CC=C6. The monoisotopic (exact) mass is 303 g/mol. The van der Waals surface area contributed by atoms with Gasteiger partial charge in [0.1, 0.15) is 5.56 Å². The van der Waals surface area contributed by atoms with Crippen LogP contribution in [-0.2, 0) is 6.42 Å². The van der Waals surface area contributed by atoms with Gasteiger partial charge in [-0.3, -0.25) is 0 Å². The van der Waals surface area contributed by atoms with Gasteiger partial charge in [0.2, 0.25) is 0 Å². The van der Waals surface area contributed by atoms with Crippen LogP contribution in [-0.4, -0.2) is 0 Å². The van der Waals surface area contributed by atoms with E-state index in [1.165, 1.54) is 54.6 Å². The predicted molar refractivity (Wildman–Crippen MR) is 104 cm³/mol. The van der Waals surface area contributed by atoms with Crippen molar-refractivity contribution < 1.29 is 0 Å². The molecule has 0 unspecified atom stereocenters. The van der Waals surface area contributed by atoms with Gasteiger partial charge in [-0.2, -0.15) is 0 Å². The minimum Gasteiger partial charge on any atom is -0.0786 e. The molecule has 0 atom stereocenters. The van der Waals surface area contributed by atoms with Gasteiger partial charge in [0.05, 0.1) is 16.3 Å². The highest BCUT2D eigenvalue weighted by atomic mass is 14.2. The zero-order valence-corrected chi connectivity index (χ0v) is 13.2. The molecule has 4 aromatic carbocycles. The van der Waals surface area contributed by atoms with E-state index < -0.39 is 0 Å². The number of rotatable bonds is 0. The Labute approximate surface area is 140 Å². The summed E-state index contributed by atoms with van der Waals surface area (Å²) in [6, 6.07) is 18.0. The quantitative estimate of drug-likeness (QED) is 0.264. The van der Waals surface area contributed by atoms with Crippen LogP contribution in [0.1, 0.15) is 22.3 Å². The van der Waals surface area contributed by atoms with Crippen LogP contribution in [0.4, 0.5) is 0 Å². The van der Waals surface area contributed by atoms with E-state index in [-0.39, 0.29) is 0 Å². The molecule has 0 saturated heterocycles. The highest BCUT2D eigenvalue weighted by Gasteiger charge is 2.24. The van der Waals surface area contributed by atoms with E-state index in [0.29, 0.717) is 0 Å². The van der Waals surface area contributed by atoms with Crippen LogP contribution in [0, 0.1) is 6.42 Å². The second-order valence-electron chi connectivity index (χ2n) is 6.77. The number of allylic oxidation sites excluding steroid dienone is 2. The van der Waals surface area contributed by atoms with Gasteiger partial charge in [-0.05, 0) is 35.2 Å². The summed E-state index contributed by atoms with van der Waals surface area (Å²) in [6.07, 6.45) is 12.3. The van der Waals surface area contributed by atoms with Crippen molar-refractivity contribution in [3.8, 4) is 0 Å². The van der Waals surface area contributed by atoms with E-state index in [1.807, 2.05) is 0 Å². The third kappa shape index (κ3) is 1.46. The molecule has 4 aromatic rings. The summed E-state index contributed by atoms with van der Waals surface area (Å²) in [4.78, 5) is 0. The number of benzene rings is 4. The summed E-state index contributed by atoms with van der Waals surface area (Å²) in [5.74, 6) is 0. The van der Waals surface area contributed by atoms with Crippen LogP contribution >= 0.6 is 0 Å².